The normalized spacial score (nSPS) is 10.6. The van der Waals surface area contributed by atoms with Crippen molar-refractivity contribution in [2.75, 3.05) is 7.05 Å². The van der Waals surface area contributed by atoms with E-state index >= 15 is 0 Å². The molecule has 0 aliphatic carbocycles. The molecule has 1 aromatic heterocycles. The Morgan fingerprint density at radius 1 is 1.39 bits per heavy atom. The largest absolute Gasteiger partial charge is 0.483 e. The van der Waals surface area contributed by atoms with E-state index in [0.29, 0.717) is 12.3 Å². The van der Waals surface area contributed by atoms with Crippen LogP contribution in [0.4, 0.5) is 4.39 Å². The van der Waals surface area contributed by atoms with Crippen molar-refractivity contribution in [3.8, 4) is 5.75 Å². The molecule has 0 unspecified atom stereocenters. The van der Waals surface area contributed by atoms with Gasteiger partial charge in [0, 0.05) is 16.6 Å². The molecule has 5 heteroatoms. The second-order valence-corrected chi connectivity index (χ2v) is 4.68. The number of hydrogen-bond donors (Lipinski definition) is 1. The molecule has 0 atom stereocenters. The predicted molar refractivity (Wildman–Crippen MR) is 69.9 cm³/mol. The zero-order valence-corrected chi connectivity index (χ0v) is 11.5. The van der Waals surface area contributed by atoms with Gasteiger partial charge in [0.15, 0.2) is 11.6 Å². The Labute approximate surface area is 113 Å². The third kappa shape index (κ3) is 3.11. The highest BCUT2D eigenvalue weighted by molar-refractivity contribution is 9.10. The Kier molecular flexibility index (Phi) is 4.38. The maximum Gasteiger partial charge on any atom is 0.165 e. The molecule has 0 aliphatic rings. The molecule has 2 aromatic rings. The number of nitrogens with one attached hydrogen (secondary N) is 1. The van der Waals surface area contributed by atoms with Crippen molar-refractivity contribution < 1.29 is 13.5 Å². The molecular formula is C13H13BrFNO2. The summed E-state index contributed by atoms with van der Waals surface area (Å²) in [5, 5.41) is 3.03. The first-order valence-corrected chi connectivity index (χ1v) is 6.27. The lowest BCUT2D eigenvalue weighted by Crippen LogP contribution is -2.07. The molecule has 0 fully saturated rings. The zero-order valence-electron chi connectivity index (χ0n) is 9.87. The van der Waals surface area contributed by atoms with E-state index in [4.69, 9.17) is 9.15 Å². The minimum Gasteiger partial charge on any atom is -0.483 e. The summed E-state index contributed by atoms with van der Waals surface area (Å²) >= 11 is 3.27. The van der Waals surface area contributed by atoms with Gasteiger partial charge in [-0.25, -0.2) is 4.39 Å². The fraction of sp³-hybridized carbons (Fsp3) is 0.231. The average molecular weight is 314 g/mol. The van der Waals surface area contributed by atoms with Gasteiger partial charge in [-0.15, -0.1) is 0 Å². The molecule has 18 heavy (non-hydrogen) atoms. The van der Waals surface area contributed by atoms with Gasteiger partial charge in [-0.05, 0) is 31.3 Å². The van der Waals surface area contributed by atoms with Gasteiger partial charge in [-0.2, -0.15) is 0 Å². The summed E-state index contributed by atoms with van der Waals surface area (Å²) in [6.07, 6.45) is 1.60. The summed E-state index contributed by atoms with van der Waals surface area (Å²) in [5.41, 5.74) is 1.01. The Balaban J connectivity index is 2.06. The second-order valence-electron chi connectivity index (χ2n) is 3.76. The summed E-state index contributed by atoms with van der Waals surface area (Å²) in [5.74, 6) is 0.514. The van der Waals surface area contributed by atoms with E-state index in [1.807, 2.05) is 13.1 Å². The molecule has 1 aromatic carbocycles. The summed E-state index contributed by atoms with van der Waals surface area (Å²) in [4.78, 5) is 0. The minimum atomic E-state index is -0.389. The van der Waals surface area contributed by atoms with Crippen LogP contribution in [0.25, 0.3) is 0 Å². The number of rotatable bonds is 5. The Morgan fingerprint density at radius 3 is 3.00 bits per heavy atom. The molecule has 0 saturated heterocycles. The predicted octanol–water partition coefficient (Wildman–Crippen LogP) is 3.48. The highest BCUT2D eigenvalue weighted by Gasteiger charge is 2.09. The quantitative estimate of drug-likeness (QED) is 0.917. The van der Waals surface area contributed by atoms with Gasteiger partial charge in [0.2, 0.25) is 0 Å². The molecule has 1 heterocycles. The first-order chi connectivity index (χ1) is 8.70. The molecule has 0 radical (unpaired) electrons. The molecule has 0 amide bonds. The van der Waals surface area contributed by atoms with Crippen molar-refractivity contribution in [1.29, 1.82) is 0 Å². The average Bonchev–Trinajstić information content (AvgIpc) is 2.78. The van der Waals surface area contributed by atoms with Crippen molar-refractivity contribution in [2.24, 2.45) is 0 Å². The van der Waals surface area contributed by atoms with Crippen molar-refractivity contribution in [1.82, 2.24) is 5.32 Å². The molecule has 0 bridgehead atoms. The molecule has 0 spiro atoms. The van der Waals surface area contributed by atoms with Gasteiger partial charge in [-0.1, -0.05) is 15.9 Å². The highest BCUT2D eigenvalue weighted by atomic mass is 79.9. The monoisotopic (exact) mass is 313 g/mol. The Bertz CT molecular complexity index is 527. The SMILES string of the molecule is CNCc1ccoc1COc1cc(Br)ccc1F. The van der Waals surface area contributed by atoms with Crippen LogP contribution < -0.4 is 10.1 Å². The van der Waals surface area contributed by atoms with E-state index < -0.39 is 0 Å². The van der Waals surface area contributed by atoms with Crippen LogP contribution in [-0.2, 0) is 13.2 Å². The van der Waals surface area contributed by atoms with Crippen LogP contribution >= 0.6 is 15.9 Å². The van der Waals surface area contributed by atoms with Crippen molar-refractivity contribution >= 4 is 15.9 Å². The molecule has 0 aliphatic heterocycles. The van der Waals surface area contributed by atoms with Gasteiger partial charge in [0.1, 0.15) is 12.4 Å². The van der Waals surface area contributed by atoms with Gasteiger partial charge in [0.25, 0.3) is 0 Å². The Morgan fingerprint density at radius 2 is 2.22 bits per heavy atom. The van der Waals surface area contributed by atoms with E-state index in [2.05, 4.69) is 21.2 Å². The lowest BCUT2D eigenvalue weighted by atomic mass is 10.2. The van der Waals surface area contributed by atoms with Crippen LogP contribution in [-0.4, -0.2) is 7.05 Å². The van der Waals surface area contributed by atoms with Gasteiger partial charge >= 0.3 is 0 Å². The van der Waals surface area contributed by atoms with Gasteiger partial charge in [-0.3, -0.25) is 0 Å². The fourth-order valence-electron chi connectivity index (χ4n) is 1.57. The molecule has 2 rings (SSSR count). The van der Waals surface area contributed by atoms with E-state index in [9.17, 15) is 4.39 Å². The van der Waals surface area contributed by atoms with Crippen LogP contribution in [0, 0.1) is 5.82 Å². The van der Waals surface area contributed by atoms with Crippen LogP contribution in [0.1, 0.15) is 11.3 Å². The Hall–Kier alpha value is -1.33. The fourth-order valence-corrected chi connectivity index (χ4v) is 1.91. The smallest absolute Gasteiger partial charge is 0.165 e. The number of hydrogen-bond acceptors (Lipinski definition) is 3. The highest BCUT2D eigenvalue weighted by Crippen LogP contribution is 2.23. The summed E-state index contributed by atoms with van der Waals surface area (Å²) in [7, 11) is 1.85. The van der Waals surface area contributed by atoms with E-state index in [0.717, 1.165) is 10.0 Å². The topological polar surface area (TPSA) is 34.4 Å². The standard InChI is InChI=1S/C13H13BrFNO2/c1-16-7-9-4-5-17-13(9)8-18-12-6-10(14)2-3-11(12)15/h2-6,16H,7-8H2,1H3. The van der Waals surface area contributed by atoms with Crippen LogP contribution in [0.3, 0.4) is 0 Å². The van der Waals surface area contributed by atoms with E-state index in [1.54, 1.807) is 18.4 Å². The molecular weight excluding hydrogens is 301 g/mol. The second kappa shape index (κ2) is 6.02. The molecule has 3 nitrogen and oxygen atoms in total. The lowest BCUT2D eigenvalue weighted by molar-refractivity contribution is 0.256. The minimum absolute atomic E-state index is 0.205. The number of benzene rings is 1. The summed E-state index contributed by atoms with van der Waals surface area (Å²) < 4.78 is 25.0. The van der Waals surface area contributed by atoms with Crippen molar-refractivity contribution in [3.63, 3.8) is 0 Å². The maximum absolute atomic E-state index is 13.5. The molecule has 96 valence electrons. The van der Waals surface area contributed by atoms with Gasteiger partial charge < -0.3 is 14.5 Å². The lowest BCUT2D eigenvalue weighted by Gasteiger charge is -2.07. The van der Waals surface area contributed by atoms with Crippen LogP contribution in [0.2, 0.25) is 0 Å². The third-order valence-corrected chi connectivity index (χ3v) is 2.95. The summed E-state index contributed by atoms with van der Waals surface area (Å²) in [6, 6.07) is 6.44. The summed E-state index contributed by atoms with van der Waals surface area (Å²) in [6.45, 7) is 0.896. The van der Waals surface area contributed by atoms with Gasteiger partial charge in [0.05, 0.1) is 6.26 Å². The van der Waals surface area contributed by atoms with Crippen molar-refractivity contribution in [2.45, 2.75) is 13.2 Å². The zero-order chi connectivity index (χ0) is 13.0. The van der Waals surface area contributed by atoms with E-state index in [1.165, 1.54) is 6.07 Å². The third-order valence-electron chi connectivity index (χ3n) is 2.46. The van der Waals surface area contributed by atoms with Crippen LogP contribution in [0.5, 0.6) is 5.75 Å². The molecule has 0 saturated carbocycles. The number of furan rings is 1. The first kappa shape index (κ1) is 13.1. The number of halogens is 2. The van der Waals surface area contributed by atoms with Crippen molar-refractivity contribution in [3.05, 3.63) is 52.1 Å². The number of ether oxygens (including phenoxy) is 1. The molecule has 1 N–H and O–H groups in total. The van der Waals surface area contributed by atoms with Crippen LogP contribution in [0.15, 0.2) is 39.4 Å². The van der Waals surface area contributed by atoms with E-state index in [-0.39, 0.29) is 18.2 Å². The maximum atomic E-state index is 13.5. The first-order valence-electron chi connectivity index (χ1n) is 5.48.